The lowest BCUT2D eigenvalue weighted by atomic mass is 10.1. The summed E-state index contributed by atoms with van der Waals surface area (Å²) in [6.07, 6.45) is 0. The second kappa shape index (κ2) is 9.61. The van der Waals surface area contributed by atoms with Gasteiger partial charge in [-0.3, -0.25) is 14.9 Å². The third-order valence-electron chi connectivity index (χ3n) is 3.88. The Bertz CT molecular complexity index is 863. The molecule has 0 aromatic heterocycles. The molecule has 0 heterocycles. The first-order valence-electron chi connectivity index (χ1n) is 8.77. The Balaban J connectivity index is 2.12. The van der Waals surface area contributed by atoms with Crippen molar-refractivity contribution in [2.45, 2.75) is 20.0 Å². The lowest BCUT2D eigenvalue weighted by molar-refractivity contribution is -0.384. The summed E-state index contributed by atoms with van der Waals surface area (Å²) in [5, 5.41) is 13.8. The molecule has 0 unspecified atom stereocenters. The molecule has 1 amide bonds. The molecule has 0 aliphatic carbocycles. The molecule has 0 atom stereocenters. The number of nitro groups is 1. The number of nitrogens with one attached hydrogen (secondary N) is 1. The van der Waals surface area contributed by atoms with Crippen LogP contribution in [0.15, 0.2) is 42.5 Å². The zero-order valence-electron chi connectivity index (χ0n) is 16.1. The van der Waals surface area contributed by atoms with Crippen LogP contribution < -0.4 is 5.32 Å². The molecular formula is C20H23N3O5. The minimum absolute atomic E-state index is 0.0291. The van der Waals surface area contributed by atoms with E-state index in [-0.39, 0.29) is 30.0 Å². The number of ether oxygens (including phenoxy) is 1. The van der Waals surface area contributed by atoms with Crippen LogP contribution in [0.2, 0.25) is 0 Å². The summed E-state index contributed by atoms with van der Waals surface area (Å²) in [6.45, 7) is 2.84. The smallest absolute Gasteiger partial charge is 0.338 e. The standard InChI is InChI=1S/C20H23N3O5/c1-4-28-20(25)17-9-16(10-18(11-17)23(26)27)19(24)21-12-14-5-7-15(8-6-14)13-22(2)3/h5-11H,4,12-13H2,1-3H3,(H,21,24). The molecule has 2 rings (SSSR count). The van der Waals surface area contributed by atoms with E-state index in [9.17, 15) is 19.7 Å². The molecule has 0 radical (unpaired) electrons. The number of hydrogen-bond donors (Lipinski definition) is 1. The number of non-ortho nitro benzene ring substituents is 1. The largest absolute Gasteiger partial charge is 0.462 e. The Labute approximate surface area is 163 Å². The normalized spacial score (nSPS) is 10.6. The molecule has 0 fully saturated rings. The van der Waals surface area contributed by atoms with Crippen molar-refractivity contribution in [1.29, 1.82) is 0 Å². The van der Waals surface area contributed by atoms with Gasteiger partial charge in [0, 0.05) is 30.8 Å². The zero-order chi connectivity index (χ0) is 20.7. The van der Waals surface area contributed by atoms with E-state index >= 15 is 0 Å². The summed E-state index contributed by atoms with van der Waals surface area (Å²) in [5.74, 6) is -1.22. The summed E-state index contributed by atoms with van der Waals surface area (Å²) in [6, 6.07) is 11.3. The maximum absolute atomic E-state index is 12.4. The fraction of sp³-hybridized carbons (Fsp3) is 0.300. The van der Waals surface area contributed by atoms with Crippen molar-refractivity contribution in [3.8, 4) is 0 Å². The van der Waals surface area contributed by atoms with Gasteiger partial charge >= 0.3 is 5.97 Å². The number of benzene rings is 2. The zero-order valence-corrected chi connectivity index (χ0v) is 16.1. The number of esters is 1. The van der Waals surface area contributed by atoms with Crippen molar-refractivity contribution in [1.82, 2.24) is 10.2 Å². The van der Waals surface area contributed by atoms with Gasteiger partial charge in [-0.2, -0.15) is 0 Å². The van der Waals surface area contributed by atoms with Crippen molar-refractivity contribution in [2.24, 2.45) is 0 Å². The van der Waals surface area contributed by atoms with Crippen LogP contribution in [0.3, 0.4) is 0 Å². The van der Waals surface area contributed by atoms with Crippen molar-refractivity contribution in [3.05, 3.63) is 74.8 Å². The van der Waals surface area contributed by atoms with Gasteiger partial charge in [-0.15, -0.1) is 0 Å². The highest BCUT2D eigenvalue weighted by Gasteiger charge is 2.18. The van der Waals surface area contributed by atoms with Gasteiger partial charge in [0.1, 0.15) is 0 Å². The maximum Gasteiger partial charge on any atom is 0.338 e. The molecule has 148 valence electrons. The average molecular weight is 385 g/mol. The van der Waals surface area contributed by atoms with Gasteiger partial charge in [0.05, 0.1) is 17.1 Å². The first kappa shape index (κ1) is 21.0. The highest BCUT2D eigenvalue weighted by atomic mass is 16.6. The molecule has 0 saturated carbocycles. The Hall–Kier alpha value is -3.26. The fourth-order valence-electron chi connectivity index (χ4n) is 2.59. The lowest BCUT2D eigenvalue weighted by Gasteiger charge is -2.11. The molecule has 0 bridgehead atoms. The minimum Gasteiger partial charge on any atom is -0.462 e. The quantitative estimate of drug-likeness (QED) is 0.426. The highest BCUT2D eigenvalue weighted by Crippen LogP contribution is 2.18. The molecule has 0 aliphatic rings. The minimum atomic E-state index is -0.711. The van der Waals surface area contributed by atoms with E-state index < -0.39 is 16.8 Å². The predicted octanol–water partition coefficient (Wildman–Crippen LogP) is 2.76. The van der Waals surface area contributed by atoms with Crippen LogP contribution in [-0.2, 0) is 17.8 Å². The van der Waals surface area contributed by atoms with E-state index in [0.717, 1.165) is 29.8 Å². The van der Waals surface area contributed by atoms with Gasteiger partial charge in [0.25, 0.3) is 11.6 Å². The van der Waals surface area contributed by atoms with E-state index in [2.05, 4.69) is 10.2 Å². The Morgan fingerprint density at radius 3 is 2.25 bits per heavy atom. The van der Waals surface area contributed by atoms with Crippen molar-refractivity contribution < 1.29 is 19.2 Å². The van der Waals surface area contributed by atoms with Crippen LogP contribution in [0.25, 0.3) is 0 Å². The van der Waals surface area contributed by atoms with Crippen molar-refractivity contribution in [2.75, 3.05) is 20.7 Å². The molecular weight excluding hydrogens is 362 g/mol. The highest BCUT2D eigenvalue weighted by molar-refractivity contribution is 5.99. The summed E-state index contributed by atoms with van der Waals surface area (Å²) in [5.41, 5.74) is 1.70. The lowest BCUT2D eigenvalue weighted by Crippen LogP contribution is -2.23. The number of carbonyl (C=O) groups excluding carboxylic acids is 2. The summed E-state index contributed by atoms with van der Waals surface area (Å²) in [7, 11) is 3.97. The number of nitrogens with zero attached hydrogens (tertiary/aromatic N) is 2. The van der Waals surface area contributed by atoms with Gasteiger partial charge in [0.15, 0.2) is 0 Å². The van der Waals surface area contributed by atoms with Crippen LogP contribution >= 0.6 is 0 Å². The van der Waals surface area contributed by atoms with Gasteiger partial charge in [-0.1, -0.05) is 24.3 Å². The second-order valence-electron chi connectivity index (χ2n) is 6.48. The van der Waals surface area contributed by atoms with Crippen LogP contribution in [0.5, 0.6) is 0 Å². The average Bonchev–Trinajstić information content (AvgIpc) is 2.66. The Kier molecular flexibility index (Phi) is 7.22. The van der Waals surface area contributed by atoms with Gasteiger partial charge in [-0.25, -0.2) is 4.79 Å². The first-order chi connectivity index (χ1) is 13.3. The number of nitro benzene ring substituents is 1. The summed E-state index contributed by atoms with van der Waals surface area (Å²) < 4.78 is 4.87. The van der Waals surface area contributed by atoms with Gasteiger partial charge < -0.3 is 15.0 Å². The molecule has 0 aliphatic heterocycles. The monoisotopic (exact) mass is 385 g/mol. The number of amides is 1. The van der Waals surface area contributed by atoms with E-state index in [0.29, 0.717) is 0 Å². The topological polar surface area (TPSA) is 102 Å². The number of carbonyl (C=O) groups is 2. The van der Waals surface area contributed by atoms with E-state index in [4.69, 9.17) is 4.74 Å². The molecule has 8 nitrogen and oxygen atoms in total. The van der Waals surface area contributed by atoms with Gasteiger partial charge in [0.2, 0.25) is 0 Å². The number of hydrogen-bond acceptors (Lipinski definition) is 6. The molecule has 0 saturated heterocycles. The van der Waals surface area contributed by atoms with Crippen LogP contribution in [-0.4, -0.2) is 42.4 Å². The van der Waals surface area contributed by atoms with Crippen LogP contribution in [0.1, 0.15) is 38.8 Å². The summed E-state index contributed by atoms with van der Waals surface area (Å²) >= 11 is 0. The third-order valence-corrected chi connectivity index (χ3v) is 3.88. The Morgan fingerprint density at radius 2 is 1.68 bits per heavy atom. The predicted molar refractivity (Wildman–Crippen MR) is 104 cm³/mol. The van der Waals surface area contributed by atoms with Crippen LogP contribution in [0, 0.1) is 10.1 Å². The molecule has 0 spiro atoms. The molecule has 8 heteroatoms. The fourth-order valence-corrected chi connectivity index (χ4v) is 2.59. The van der Waals surface area contributed by atoms with Crippen molar-refractivity contribution >= 4 is 17.6 Å². The first-order valence-corrected chi connectivity index (χ1v) is 8.77. The summed E-state index contributed by atoms with van der Waals surface area (Å²) in [4.78, 5) is 36.9. The SMILES string of the molecule is CCOC(=O)c1cc(C(=O)NCc2ccc(CN(C)C)cc2)cc([N+](=O)[O-])c1. The molecule has 28 heavy (non-hydrogen) atoms. The van der Waals surface area contributed by atoms with E-state index in [1.165, 1.54) is 6.07 Å². The number of rotatable bonds is 8. The Morgan fingerprint density at radius 1 is 1.07 bits per heavy atom. The molecule has 1 N–H and O–H groups in total. The molecule has 2 aromatic carbocycles. The maximum atomic E-state index is 12.4. The third kappa shape index (κ3) is 5.88. The second-order valence-corrected chi connectivity index (χ2v) is 6.48. The van der Waals surface area contributed by atoms with Crippen LogP contribution in [0.4, 0.5) is 5.69 Å². The molecule has 2 aromatic rings. The van der Waals surface area contributed by atoms with Gasteiger partial charge in [-0.05, 0) is 38.2 Å². The van der Waals surface area contributed by atoms with Crippen molar-refractivity contribution in [3.63, 3.8) is 0 Å². The van der Waals surface area contributed by atoms with E-state index in [1.54, 1.807) is 6.92 Å². The van der Waals surface area contributed by atoms with E-state index in [1.807, 2.05) is 38.4 Å².